The van der Waals surface area contributed by atoms with Gasteiger partial charge in [-0.2, -0.15) is 13.2 Å². The second-order valence-corrected chi connectivity index (χ2v) is 6.52. The molecule has 7 nitrogen and oxygen atoms in total. The third kappa shape index (κ3) is 3.27. The number of halogens is 3. The smallest absolute Gasteiger partial charge is 0.388 e. The number of nitrogens with two attached hydrogens (primary N) is 1. The molecule has 2 atom stereocenters. The van der Waals surface area contributed by atoms with Crippen LogP contribution in [0.15, 0.2) is 27.4 Å². The van der Waals surface area contributed by atoms with Gasteiger partial charge in [0.05, 0.1) is 24.8 Å². The predicted molar refractivity (Wildman–Crippen MR) is 82.1 cm³/mol. The first-order valence-electron chi connectivity index (χ1n) is 8.08. The number of aromatic nitrogens is 2. The molecule has 1 aromatic carbocycles. The molecule has 4 rings (SSSR count). The van der Waals surface area contributed by atoms with Crippen LogP contribution in [0.5, 0.6) is 0 Å². The highest BCUT2D eigenvalue weighted by atomic mass is 19.4. The van der Waals surface area contributed by atoms with Crippen LogP contribution < -0.4 is 11.5 Å². The minimum atomic E-state index is -4.50. The van der Waals surface area contributed by atoms with Gasteiger partial charge in [0.1, 0.15) is 0 Å². The number of H-pyrrole nitrogens is 1. The van der Waals surface area contributed by atoms with Crippen molar-refractivity contribution >= 4 is 0 Å². The maximum absolute atomic E-state index is 13.4. The van der Waals surface area contributed by atoms with E-state index in [0.29, 0.717) is 25.2 Å². The Labute approximate surface area is 145 Å². The topological polar surface area (TPSA) is 103 Å². The van der Waals surface area contributed by atoms with Gasteiger partial charge in [0.2, 0.25) is 5.89 Å². The van der Waals surface area contributed by atoms with E-state index in [1.54, 1.807) is 0 Å². The van der Waals surface area contributed by atoms with Gasteiger partial charge in [-0.15, -0.1) is 5.10 Å². The summed E-state index contributed by atoms with van der Waals surface area (Å²) in [5.41, 5.74) is 5.38. The Kier molecular flexibility index (Phi) is 4.13. The summed E-state index contributed by atoms with van der Waals surface area (Å²) >= 11 is 0. The molecular formula is C16H16F3N3O4. The van der Waals surface area contributed by atoms with Gasteiger partial charge >= 0.3 is 11.9 Å². The van der Waals surface area contributed by atoms with Crippen molar-refractivity contribution in [3.05, 3.63) is 39.9 Å². The molecule has 2 unspecified atom stereocenters. The number of benzene rings is 1. The lowest BCUT2D eigenvalue weighted by Crippen LogP contribution is -2.42. The molecule has 26 heavy (non-hydrogen) atoms. The molecule has 1 aromatic heterocycles. The van der Waals surface area contributed by atoms with Crippen molar-refractivity contribution < 1.29 is 27.1 Å². The zero-order chi connectivity index (χ0) is 18.5. The van der Waals surface area contributed by atoms with Gasteiger partial charge in [-0.05, 0) is 36.1 Å². The van der Waals surface area contributed by atoms with Gasteiger partial charge in [-0.25, -0.2) is 9.89 Å². The van der Waals surface area contributed by atoms with Crippen LogP contribution in [0.4, 0.5) is 13.2 Å². The molecule has 0 amide bonds. The Morgan fingerprint density at radius 3 is 2.58 bits per heavy atom. The Morgan fingerprint density at radius 2 is 1.96 bits per heavy atom. The summed E-state index contributed by atoms with van der Waals surface area (Å²) in [6.07, 6.45) is -4.55. The summed E-state index contributed by atoms with van der Waals surface area (Å²) in [6, 6.07) is 3.35. The average molecular weight is 371 g/mol. The van der Waals surface area contributed by atoms with Crippen LogP contribution in [0.3, 0.4) is 0 Å². The number of nitrogens with zero attached hydrogens (tertiary/aromatic N) is 1. The highest BCUT2D eigenvalue weighted by molar-refractivity contribution is 5.57. The molecule has 2 aromatic rings. The Hall–Kier alpha value is -2.17. The lowest BCUT2D eigenvalue weighted by Gasteiger charge is -2.27. The fourth-order valence-electron chi connectivity index (χ4n) is 3.27. The summed E-state index contributed by atoms with van der Waals surface area (Å²) in [5, 5.41) is 5.76. The fourth-order valence-corrected chi connectivity index (χ4v) is 3.27. The monoisotopic (exact) mass is 371 g/mol. The van der Waals surface area contributed by atoms with Crippen LogP contribution in [-0.2, 0) is 15.7 Å². The van der Waals surface area contributed by atoms with Crippen molar-refractivity contribution in [1.29, 1.82) is 0 Å². The van der Waals surface area contributed by atoms with Crippen LogP contribution in [0.2, 0.25) is 0 Å². The average Bonchev–Trinajstić information content (AvgIpc) is 3.27. The molecule has 0 radical (unpaired) electrons. The molecule has 2 heterocycles. The number of nitrogens with one attached hydrogen (secondary N) is 1. The van der Waals surface area contributed by atoms with E-state index in [1.165, 1.54) is 12.1 Å². The van der Waals surface area contributed by atoms with Crippen molar-refractivity contribution in [3.8, 4) is 11.5 Å². The van der Waals surface area contributed by atoms with Gasteiger partial charge in [0.25, 0.3) is 0 Å². The maximum Gasteiger partial charge on any atom is 0.434 e. The van der Waals surface area contributed by atoms with Crippen LogP contribution >= 0.6 is 0 Å². The van der Waals surface area contributed by atoms with E-state index < -0.39 is 23.8 Å². The molecule has 1 saturated carbocycles. The fraction of sp³-hybridized carbons (Fsp3) is 0.500. The van der Waals surface area contributed by atoms with Crippen LogP contribution in [-0.4, -0.2) is 35.7 Å². The van der Waals surface area contributed by atoms with Crippen molar-refractivity contribution in [3.63, 3.8) is 0 Å². The highest BCUT2D eigenvalue weighted by Crippen LogP contribution is 2.54. The zero-order valence-electron chi connectivity index (χ0n) is 13.5. The lowest BCUT2D eigenvalue weighted by atomic mass is 9.98. The molecule has 0 spiro atoms. The number of hydrogen-bond donors (Lipinski definition) is 2. The first kappa shape index (κ1) is 17.3. The van der Waals surface area contributed by atoms with Gasteiger partial charge in [0.15, 0.2) is 6.29 Å². The molecule has 0 bridgehead atoms. The van der Waals surface area contributed by atoms with Crippen LogP contribution in [0.25, 0.3) is 11.5 Å². The summed E-state index contributed by atoms with van der Waals surface area (Å²) in [6.45, 7) is 0.636. The first-order chi connectivity index (χ1) is 12.3. The van der Waals surface area contributed by atoms with E-state index in [4.69, 9.17) is 19.6 Å². The second-order valence-electron chi connectivity index (χ2n) is 6.52. The molecule has 1 aliphatic carbocycles. The van der Waals surface area contributed by atoms with E-state index in [0.717, 1.165) is 6.07 Å². The Balaban J connectivity index is 1.64. The van der Waals surface area contributed by atoms with E-state index in [1.807, 2.05) is 0 Å². The number of alkyl halides is 3. The maximum atomic E-state index is 13.4. The van der Waals surface area contributed by atoms with E-state index in [-0.39, 0.29) is 29.3 Å². The summed E-state index contributed by atoms with van der Waals surface area (Å²) in [7, 11) is 0. The zero-order valence-corrected chi connectivity index (χ0v) is 13.5. The molecule has 3 N–H and O–H groups in total. The van der Waals surface area contributed by atoms with Crippen molar-refractivity contribution in [2.45, 2.75) is 30.8 Å². The molecule has 1 aliphatic heterocycles. The van der Waals surface area contributed by atoms with Crippen molar-refractivity contribution in [2.24, 2.45) is 11.7 Å². The van der Waals surface area contributed by atoms with Crippen molar-refractivity contribution in [2.75, 3.05) is 13.2 Å². The summed E-state index contributed by atoms with van der Waals surface area (Å²) in [5.74, 6) is -1.37. The predicted octanol–water partition coefficient (Wildman–Crippen LogP) is 1.85. The number of ether oxygens (including phenoxy) is 2. The quantitative estimate of drug-likeness (QED) is 0.854. The van der Waals surface area contributed by atoms with Gasteiger partial charge in [-0.1, -0.05) is 0 Å². The lowest BCUT2D eigenvalue weighted by molar-refractivity contribution is -0.196. The van der Waals surface area contributed by atoms with Gasteiger partial charge in [0, 0.05) is 11.5 Å². The number of hydrogen-bond acceptors (Lipinski definition) is 6. The SMILES string of the molecule is N[C@H]1CO[C@H](C2CC2c2cc(-c3n[nH]c(=O)o3)ccc2C(F)(F)F)OC1. The summed E-state index contributed by atoms with van der Waals surface area (Å²) < 4.78 is 56.1. The number of rotatable bonds is 3. The minimum absolute atomic E-state index is 0.0571. The Morgan fingerprint density at radius 1 is 1.23 bits per heavy atom. The molecular weight excluding hydrogens is 355 g/mol. The largest absolute Gasteiger partial charge is 0.434 e. The normalized spacial score (nSPS) is 28.9. The van der Waals surface area contributed by atoms with E-state index in [9.17, 15) is 18.0 Å². The van der Waals surface area contributed by atoms with Gasteiger partial charge < -0.3 is 19.6 Å². The highest BCUT2D eigenvalue weighted by Gasteiger charge is 2.49. The molecule has 140 valence electrons. The standard InChI is InChI=1S/C16H16F3N3O4/c17-16(18,19)12-2-1-7(13-21-22-15(23)26-13)3-10(12)9-4-11(9)14-24-5-8(20)6-25-14/h1-3,8-9,11,14H,4-6,20H2,(H,22,23)/t8-,9?,11?,14-. The second kappa shape index (κ2) is 6.22. The van der Waals surface area contributed by atoms with E-state index in [2.05, 4.69) is 10.2 Å². The van der Waals surface area contributed by atoms with Crippen LogP contribution in [0, 0.1) is 5.92 Å². The minimum Gasteiger partial charge on any atom is -0.388 e. The summed E-state index contributed by atoms with van der Waals surface area (Å²) in [4.78, 5) is 11.1. The molecule has 10 heteroatoms. The van der Waals surface area contributed by atoms with Crippen molar-refractivity contribution in [1.82, 2.24) is 10.2 Å². The van der Waals surface area contributed by atoms with Gasteiger partial charge in [-0.3, -0.25) is 0 Å². The molecule has 2 fully saturated rings. The third-order valence-electron chi connectivity index (χ3n) is 4.58. The first-order valence-corrected chi connectivity index (χ1v) is 8.08. The number of aromatic amines is 1. The molecule has 2 aliphatic rings. The van der Waals surface area contributed by atoms with E-state index >= 15 is 0 Å². The third-order valence-corrected chi connectivity index (χ3v) is 4.58. The van der Waals surface area contributed by atoms with Crippen LogP contribution in [0.1, 0.15) is 23.5 Å². The Bertz CT molecular complexity index is 855. The molecule has 1 saturated heterocycles.